The van der Waals surface area contributed by atoms with Crippen LogP contribution in [-0.2, 0) is 4.79 Å². The molecule has 3 unspecified atom stereocenters. The number of amides is 1. The summed E-state index contributed by atoms with van der Waals surface area (Å²) in [5.74, 6) is 2.87. The fraction of sp³-hybridized carbons (Fsp3) is 0.923. The van der Waals surface area contributed by atoms with Gasteiger partial charge in [0.1, 0.15) is 0 Å². The lowest BCUT2D eigenvalue weighted by molar-refractivity contribution is -0.125. The van der Waals surface area contributed by atoms with Crippen molar-refractivity contribution in [1.29, 1.82) is 0 Å². The molecule has 3 N–H and O–H groups in total. The third-order valence-electron chi connectivity index (χ3n) is 4.00. The van der Waals surface area contributed by atoms with Crippen molar-refractivity contribution in [3.05, 3.63) is 0 Å². The summed E-state index contributed by atoms with van der Waals surface area (Å²) in [6.07, 6.45) is 4.60. The molecule has 0 aromatic carbocycles. The van der Waals surface area contributed by atoms with Crippen molar-refractivity contribution >= 4 is 5.91 Å². The molecule has 92 valence electrons. The molecule has 0 spiro atoms. The Labute approximate surface area is 98.2 Å². The molecule has 2 aliphatic carbocycles. The van der Waals surface area contributed by atoms with Crippen LogP contribution in [0, 0.1) is 23.7 Å². The fourth-order valence-corrected chi connectivity index (χ4v) is 3.03. The molecule has 2 saturated carbocycles. The highest BCUT2D eigenvalue weighted by Crippen LogP contribution is 2.54. The average molecular weight is 224 g/mol. The van der Waals surface area contributed by atoms with E-state index in [2.05, 4.69) is 19.2 Å². The summed E-state index contributed by atoms with van der Waals surface area (Å²) in [6, 6.07) is 0.171. The van der Waals surface area contributed by atoms with E-state index in [4.69, 9.17) is 5.73 Å². The molecule has 2 fully saturated rings. The smallest absolute Gasteiger partial charge is 0.223 e. The third-order valence-corrected chi connectivity index (χ3v) is 4.00. The van der Waals surface area contributed by atoms with Crippen LogP contribution in [0.25, 0.3) is 0 Å². The van der Waals surface area contributed by atoms with Crippen molar-refractivity contribution in [2.75, 3.05) is 6.54 Å². The van der Waals surface area contributed by atoms with Gasteiger partial charge in [-0.2, -0.15) is 0 Å². The molecule has 3 nitrogen and oxygen atoms in total. The quantitative estimate of drug-likeness (QED) is 0.744. The molecule has 0 aromatic heterocycles. The highest BCUT2D eigenvalue weighted by atomic mass is 16.1. The molecule has 3 heteroatoms. The summed E-state index contributed by atoms with van der Waals surface area (Å²) in [7, 11) is 0. The van der Waals surface area contributed by atoms with Gasteiger partial charge < -0.3 is 11.1 Å². The van der Waals surface area contributed by atoms with Crippen molar-refractivity contribution in [2.24, 2.45) is 29.4 Å². The molecular weight excluding hydrogens is 200 g/mol. The van der Waals surface area contributed by atoms with E-state index in [1.54, 1.807) is 0 Å². The largest absolute Gasteiger partial charge is 0.352 e. The number of carbonyl (C=O) groups is 1. The van der Waals surface area contributed by atoms with Crippen molar-refractivity contribution < 1.29 is 4.79 Å². The molecule has 16 heavy (non-hydrogen) atoms. The van der Waals surface area contributed by atoms with Gasteiger partial charge in [-0.25, -0.2) is 0 Å². The maximum absolute atomic E-state index is 12.0. The average Bonchev–Trinajstić information content (AvgIpc) is 2.84. The van der Waals surface area contributed by atoms with Gasteiger partial charge in [-0.3, -0.25) is 4.79 Å². The maximum atomic E-state index is 12.0. The van der Waals surface area contributed by atoms with Gasteiger partial charge in [0.25, 0.3) is 0 Å². The Morgan fingerprint density at radius 1 is 1.31 bits per heavy atom. The fourth-order valence-electron chi connectivity index (χ4n) is 3.03. The zero-order valence-corrected chi connectivity index (χ0v) is 10.4. The van der Waals surface area contributed by atoms with Gasteiger partial charge in [0.2, 0.25) is 5.91 Å². The van der Waals surface area contributed by atoms with Crippen LogP contribution < -0.4 is 11.1 Å². The van der Waals surface area contributed by atoms with Gasteiger partial charge in [0.15, 0.2) is 0 Å². The van der Waals surface area contributed by atoms with E-state index in [1.165, 1.54) is 6.42 Å². The van der Waals surface area contributed by atoms with Gasteiger partial charge in [-0.15, -0.1) is 0 Å². The first-order valence-electron chi connectivity index (χ1n) is 6.60. The Balaban J connectivity index is 1.76. The second-order valence-corrected chi connectivity index (χ2v) is 5.99. The van der Waals surface area contributed by atoms with Gasteiger partial charge in [0.05, 0.1) is 0 Å². The number of nitrogens with one attached hydrogen (secondary N) is 1. The standard InChI is InChI=1S/C13H24N2O/c1-8(2)3-12(7-14)15-13(16)11-5-9-4-10(9)6-11/h8-12H,3-7,14H2,1-2H3,(H,15,16). The summed E-state index contributed by atoms with van der Waals surface area (Å²) >= 11 is 0. The molecule has 2 aliphatic rings. The predicted molar refractivity (Wildman–Crippen MR) is 64.8 cm³/mol. The summed E-state index contributed by atoms with van der Waals surface area (Å²) in [4.78, 5) is 12.0. The summed E-state index contributed by atoms with van der Waals surface area (Å²) in [6.45, 7) is 4.89. The number of nitrogens with two attached hydrogens (primary N) is 1. The molecule has 0 heterocycles. The first-order chi connectivity index (χ1) is 7.60. The van der Waals surface area contributed by atoms with E-state index in [0.29, 0.717) is 12.5 Å². The summed E-state index contributed by atoms with van der Waals surface area (Å²) in [5, 5.41) is 3.12. The van der Waals surface area contributed by atoms with E-state index in [9.17, 15) is 4.79 Å². The minimum absolute atomic E-state index is 0.171. The maximum Gasteiger partial charge on any atom is 0.223 e. The van der Waals surface area contributed by atoms with Crippen LogP contribution in [0.4, 0.5) is 0 Å². The van der Waals surface area contributed by atoms with Crippen molar-refractivity contribution in [3.63, 3.8) is 0 Å². The first-order valence-corrected chi connectivity index (χ1v) is 6.60. The molecule has 1 amide bonds. The lowest BCUT2D eigenvalue weighted by Crippen LogP contribution is -2.43. The molecule has 0 aromatic rings. The van der Waals surface area contributed by atoms with E-state index in [-0.39, 0.29) is 17.9 Å². The van der Waals surface area contributed by atoms with Crippen LogP contribution in [0.2, 0.25) is 0 Å². The van der Waals surface area contributed by atoms with Crippen LogP contribution in [0.5, 0.6) is 0 Å². The van der Waals surface area contributed by atoms with Crippen LogP contribution in [-0.4, -0.2) is 18.5 Å². The predicted octanol–water partition coefficient (Wildman–Crippen LogP) is 1.52. The van der Waals surface area contributed by atoms with E-state index < -0.39 is 0 Å². The summed E-state index contributed by atoms with van der Waals surface area (Å²) < 4.78 is 0. The SMILES string of the molecule is CC(C)CC(CN)NC(=O)C1CC2CC2C1. The normalized spacial score (nSPS) is 33.6. The Bertz CT molecular complexity index is 255. The van der Waals surface area contributed by atoms with Crippen molar-refractivity contribution in [1.82, 2.24) is 5.32 Å². The number of fused-ring (bicyclic) bond motifs is 1. The monoisotopic (exact) mass is 224 g/mol. The number of carbonyl (C=O) groups excluding carboxylic acids is 1. The number of hydrogen-bond donors (Lipinski definition) is 2. The Hall–Kier alpha value is -0.570. The molecule has 0 radical (unpaired) electrons. The molecular formula is C13H24N2O. The van der Waals surface area contributed by atoms with Gasteiger partial charge in [-0.1, -0.05) is 13.8 Å². The second-order valence-electron chi connectivity index (χ2n) is 5.99. The molecule has 0 aliphatic heterocycles. The molecule has 3 atom stereocenters. The van der Waals surface area contributed by atoms with E-state index in [1.807, 2.05) is 0 Å². The van der Waals surface area contributed by atoms with Crippen LogP contribution >= 0.6 is 0 Å². The van der Waals surface area contributed by atoms with Gasteiger partial charge in [0, 0.05) is 18.5 Å². The Morgan fingerprint density at radius 2 is 1.94 bits per heavy atom. The van der Waals surface area contributed by atoms with Crippen molar-refractivity contribution in [2.45, 2.75) is 45.6 Å². The van der Waals surface area contributed by atoms with Gasteiger partial charge >= 0.3 is 0 Å². The zero-order chi connectivity index (χ0) is 11.7. The highest BCUT2D eigenvalue weighted by Gasteiger charge is 2.48. The van der Waals surface area contributed by atoms with E-state index >= 15 is 0 Å². The second kappa shape index (κ2) is 4.74. The van der Waals surface area contributed by atoms with Gasteiger partial charge in [-0.05, 0) is 43.4 Å². The van der Waals surface area contributed by atoms with Crippen LogP contribution in [0.15, 0.2) is 0 Å². The third kappa shape index (κ3) is 2.76. The molecule has 2 rings (SSSR count). The van der Waals surface area contributed by atoms with E-state index in [0.717, 1.165) is 31.1 Å². The Kier molecular flexibility index (Phi) is 3.53. The first kappa shape index (κ1) is 11.9. The Morgan fingerprint density at radius 3 is 2.44 bits per heavy atom. The topological polar surface area (TPSA) is 55.1 Å². The molecule has 0 bridgehead atoms. The number of hydrogen-bond acceptors (Lipinski definition) is 2. The lowest BCUT2D eigenvalue weighted by atomic mass is 10.00. The van der Waals surface area contributed by atoms with Crippen molar-refractivity contribution in [3.8, 4) is 0 Å². The minimum atomic E-state index is 0.171. The summed E-state index contributed by atoms with van der Waals surface area (Å²) in [5.41, 5.74) is 5.69. The minimum Gasteiger partial charge on any atom is -0.352 e. The highest BCUT2D eigenvalue weighted by molar-refractivity contribution is 5.79. The number of rotatable bonds is 5. The van der Waals surface area contributed by atoms with Crippen LogP contribution in [0.1, 0.15) is 39.5 Å². The van der Waals surface area contributed by atoms with Crippen LogP contribution in [0.3, 0.4) is 0 Å². The molecule has 0 saturated heterocycles. The zero-order valence-electron chi connectivity index (χ0n) is 10.4. The lowest BCUT2D eigenvalue weighted by Gasteiger charge is -2.21.